The zero-order chi connectivity index (χ0) is 20.1. The standard InChI is InChI=1S/C23H39NO3/c1-7-22(3,4)18-9-10-21(20(15-18)23(5,6)8-2)27-17-19(25)16-24-11-13-26-14-12-24/h9-10,15,19,25H,7-8,11-14,16-17H2,1-6H3/p+1/t19-/m0/s1. The maximum absolute atomic E-state index is 10.4. The first kappa shape index (κ1) is 22.2. The van der Waals surface area contributed by atoms with E-state index in [-0.39, 0.29) is 10.8 Å². The molecule has 27 heavy (non-hydrogen) atoms. The molecular weight excluding hydrogens is 338 g/mol. The van der Waals surface area contributed by atoms with E-state index in [1.54, 1.807) is 0 Å². The molecule has 1 aliphatic rings. The summed E-state index contributed by atoms with van der Waals surface area (Å²) in [6.45, 7) is 18.1. The normalized spacial score (nSPS) is 17.7. The van der Waals surface area contributed by atoms with Gasteiger partial charge in [0.05, 0.1) is 13.2 Å². The van der Waals surface area contributed by atoms with Crippen LogP contribution in [0.15, 0.2) is 18.2 Å². The van der Waals surface area contributed by atoms with E-state index in [1.807, 2.05) is 0 Å². The van der Waals surface area contributed by atoms with Gasteiger partial charge in [-0.05, 0) is 35.3 Å². The van der Waals surface area contributed by atoms with Crippen LogP contribution in [0.1, 0.15) is 65.5 Å². The number of nitrogens with one attached hydrogen (secondary N) is 1. The summed E-state index contributed by atoms with van der Waals surface area (Å²) in [7, 11) is 0. The minimum Gasteiger partial charge on any atom is -0.490 e. The zero-order valence-electron chi connectivity index (χ0n) is 18.2. The summed E-state index contributed by atoms with van der Waals surface area (Å²) in [5, 5.41) is 10.4. The molecule has 4 nitrogen and oxygen atoms in total. The van der Waals surface area contributed by atoms with Crippen molar-refractivity contribution >= 4 is 0 Å². The molecule has 1 aliphatic heterocycles. The van der Waals surface area contributed by atoms with E-state index in [0.717, 1.165) is 51.4 Å². The van der Waals surface area contributed by atoms with Gasteiger partial charge in [0.25, 0.3) is 0 Å². The van der Waals surface area contributed by atoms with E-state index in [9.17, 15) is 5.11 Å². The third-order valence-electron chi connectivity index (χ3n) is 6.41. The van der Waals surface area contributed by atoms with Gasteiger partial charge in [-0.15, -0.1) is 0 Å². The Labute approximate surface area is 165 Å². The monoisotopic (exact) mass is 378 g/mol. The van der Waals surface area contributed by atoms with Crippen LogP contribution < -0.4 is 9.64 Å². The van der Waals surface area contributed by atoms with Crippen LogP contribution in [0.2, 0.25) is 0 Å². The van der Waals surface area contributed by atoms with Crippen molar-refractivity contribution in [3.05, 3.63) is 29.3 Å². The van der Waals surface area contributed by atoms with Crippen molar-refractivity contribution in [1.29, 1.82) is 0 Å². The molecule has 0 aromatic heterocycles. The number of rotatable bonds is 9. The van der Waals surface area contributed by atoms with Crippen LogP contribution in [0.4, 0.5) is 0 Å². The summed E-state index contributed by atoms with van der Waals surface area (Å²) >= 11 is 0. The van der Waals surface area contributed by atoms with Gasteiger partial charge < -0.3 is 19.5 Å². The first-order chi connectivity index (χ1) is 12.7. The van der Waals surface area contributed by atoms with Crippen molar-refractivity contribution in [1.82, 2.24) is 0 Å². The lowest BCUT2D eigenvalue weighted by Gasteiger charge is -2.31. The lowest BCUT2D eigenvalue weighted by molar-refractivity contribution is -0.911. The molecule has 154 valence electrons. The third-order valence-corrected chi connectivity index (χ3v) is 6.41. The Morgan fingerprint density at radius 1 is 1.07 bits per heavy atom. The molecule has 0 saturated carbocycles. The van der Waals surface area contributed by atoms with Crippen molar-refractivity contribution < 1.29 is 19.5 Å². The Kier molecular flexibility index (Phi) is 7.73. The van der Waals surface area contributed by atoms with Crippen LogP contribution in [0.3, 0.4) is 0 Å². The van der Waals surface area contributed by atoms with Gasteiger partial charge in [-0.1, -0.05) is 53.7 Å². The Balaban J connectivity index is 2.12. The summed E-state index contributed by atoms with van der Waals surface area (Å²) in [6, 6.07) is 6.61. The summed E-state index contributed by atoms with van der Waals surface area (Å²) in [5.41, 5.74) is 2.79. The molecule has 1 fully saturated rings. The van der Waals surface area contributed by atoms with Crippen LogP contribution in [0.5, 0.6) is 5.75 Å². The highest BCUT2D eigenvalue weighted by Crippen LogP contribution is 2.38. The third kappa shape index (κ3) is 5.94. The quantitative estimate of drug-likeness (QED) is 0.694. The number of hydrogen-bond acceptors (Lipinski definition) is 3. The number of hydrogen-bond donors (Lipinski definition) is 2. The Morgan fingerprint density at radius 2 is 1.70 bits per heavy atom. The van der Waals surface area contributed by atoms with Gasteiger partial charge in [0.15, 0.2) is 0 Å². The minimum absolute atomic E-state index is 0.0373. The number of aliphatic hydroxyl groups is 1. The van der Waals surface area contributed by atoms with Crippen molar-refractivity contribution in [2.45, 2.75) is 71.3 Å². The van der Waals surface area contributed by atoms with Crippen LogP contribution in [0, 0.1) is 0 Å². The summed E-state index contributed by atoms with van der Waals surface area (Å²) in [5.74, 6) is 0.911. The number of quaternary nitrogens is 1. The van der Waals surface area contributed by atoms with Crippen LogP contribution in [-0.2, 0) is 15.6 Å². The van der Waals surface area contributed by atoms with Gasteiger partial charge in [0.2, 0.25) is 0 Å². The summed E-state index contributed by atoms with van der Waals surface area (Å²) in [4.78, 5) is 1.39. The molecule has 0 aliphatic carbocycles. The molecule has 1 atom stereocenters. The van der Waals surface area contributed by atoms with Gasteiger partial charge in [0, 0.05) is 5.56 Å². The lowest BCUT2D eigenvalue weighted by atomic mass is 9.76. The van der Waals surface area contributed by atoms with E-state index in [1.165, 1.54) is 16.0 Å². The molecule has 0 amide bonds. The minimum atomic E-state index is -0.456. The number of ether oxygens (including phenoxy) is 2. The molecule has 1 aromatic carbocycles. The van der Waals surface area contributed by atoms with Crippen LogP contribution >= 0.6 is 0 Å². The SMILES string of the molecule is CCC(C)(C)c1ccc(OC[C@@H](O)C[NH+]2CCOCC2)c(C(C)(C)CC)c1. The van der Waals surface area contributed by atoms with E-state index >= 15 is 0 Å². The van der Waals surface area contributed by atoms with E-state index < -0.39 is 6.10 Å². The molecule has 4 heteroatoms. The van der Waals surface area contributed by atoms with Crippen molar-refractivity contribution in [3.63, 3.8) is 0 Å². The van der Waals surface area contributed by atoms with Crippen molar-refractivity contribution in [2.24, 2.45) is 0 Å². The summed E-state index contributed by atoms with van der Waals surface area (Å²) in [6.07, 6.45) is 1.68. The molecule has 2 N–H and O–H groups in total. The van der Waals surface area contributed by atoms with Crippen molar-refractivity contribution in [3.8, 4) is 5.75 Å². The molecular formula is C23H40NO3+. The highest BCUT2D eigenvalue weighted by Gasteiger charge is 2.27. The Morgan fingerprint density at radius 3 is 2.30 bits per heavy atom. The van der Waals surface area contributed by atoms with Gasteiger partial charge in [-0.25, -0.2) is 0 Å². The van der Waals surface area contributed by atoms with Gasteiger partial charge in [-0.3, -0.25) is 0 Å². The molecule has 1 saturated heterocycles. The van der Waals surface area contributed by atoms with E-state index in [4.69, 9.17) is 9.47 Å². The molecule has 0 bridgehead atoms. The molecule has 0 radical (unpaired) electrons. The fourth-order valence-corrected chi connectivity index (χ4v) is 3.44. The highest BCUT2D eigenvalue weighted by atomic mass is 16.5. The molecule has 2 rings (SSSR count). The second-order valence-corrected chi connectivity index (χ2v) is 9.22. The van der Waals surface area contributed by atoms with E-state index in [0.29, 0.717) is 6.61 Å². The van der Waals surface area contributed by atoms with Crippen LogP contribution in [-0.4, -0.2) is 50.7 Å². The first-order valence-corrected chi connectivity index (χ1v) is 10.6. The zero-order valence-corrected chi connectivity index (χ0v) is 18.2. The fourth-order valence-electron chi connectivity index (χ4n) is 3.44. The average Bonchev–Trinajstić information content (AvgIpc) is 2.67. The lowest BCUT2D eigenvalue weighted by Crippen LogP contribution is -3.15. The van der Waals surface area contributed by atoms with Crippen molar-refractivity contribution in [2.75, 3.05) is 39.5 Å². The fraction of sp³-hybridized carbons (Fsp3) is 0.739. The second-order valence-electron chi connectivity index (χ2n) is 9.22. The Hall–Kier alpha value is -1.10. The van der Waals surface area contributed by atoms with E-state index in [2.05, 4.69) is 59.7 Å². The highest BCUT2D eigenvalue weighted by molar-refractivity contribution is 5.44. The maximum Gasteiger partial charge on any atom is 0.137 e. The second kappa shape index (κ2) is 9.40. The van der Waals surface area contributed by atoms with Crippen LogP contribution in [0.25, 0.3) is 0 Å². The van der Waals surface area contributed by atoms with Gasteiger partial charge >= 0.3 is 0 Å². The molecule has 1 heterocycles. The average molecular weight is 379 g/mol. The first-order valence-electron chi connectivity index (χ1n) is 10.6. The predicted molar refractivity (Wildman–Crippen MR) is 111 cm³/mol. The smallest absolute Gasteiger partial charge is 0.137 e. The van der Waals surface area contributed by atoms with Gasteiger partial charge in [-0.2, -0.15) is 0 Å². The van der Waals surface area contributed by atoms with Gasteiger partial charge in [0.1, 0.15) is 38.1 Å². The molecule has 0 unspecified atom stereocenters. The number of morpholine rings is 1. The topological polar surface area (TPSA) is 43.1 Å². The molecule has 1 aromatic rings. The summed E-state index contributed by atoms with van der Waals surface area (Å²) < 4.78 is 11.5. The number of benzene rings is 1. The molecule has 0 spiro atoms. The predicted octanol–water partition coefficient (Wildman–Crippen LogP) is 2.72. The number of aliphatic hydroxyl groups excluding tert-OH is 1. The maximum atomic E-state index is 10.4. The largest absolute Gasteiger partial charge is 0.490 e. The Bertz CT molecular complexity index is 591.